The van der Waals surface area contributed by atoms with Crippen molar-refractivity contribution in [1.82, 2.24) is 9.55 Å². The average Bonchev–Trinajstić information content (AvgIpc) is 2.78. The van der Waals surface area contributed by atoms with Crippen LogP contribution in [0, 0.1) is 5.82 Å². The molecule has 19 heavy (non-hydrogen) atoms. The Kier molecular flexibility index (Phi) is 3.89. The van der Waals surface area contributed by atoms with Crippen LogP contribution in [-0.4, -0.2) is 23.2 Å². The van der Waals surface area contributed by atoms with E-state index in [9.17, 15) is 4.39 Å². The number of hydrogen-bond acceptors (Lipinski definition) is 4. The molecule has 0 radical (unpaired) electrons. The summed E-state index contributed by atoms with van der Waals surface area (Å²) in [5.74, 6) is 1.01. The van der Waals surface area contributed by atoms with E-state index in [-0.39, 0.29) is 5.69 Å². The number of nitrogens with zero attached hydrogens (tertiary/aromatic N) is 2. The third kappa shape index (κ3) is 2.96. The zero-order valence-corrected chi connectivity index (χ0v) is 11.0. The molecule has 1 aromatic heterocycles. The van der Waals surface area contributed by atoms with Gasteiger partial charge in [-0.3, -0.25) is 0 Å². The highest BCUT2D eigenvalue weighted by molar-refractivity contribution is 5.62. The molecule has 5 nitrogen and oxygen atoms in total. The quantitative estimate of drug-likeness (QED) is 0.808. The van der Waals surface area contributed by atoms with Gasteiger partial charge in [-0.2, -0.15) is 0 Å². The van der Waals surface area contributed by atoms with E-state index in [0.717, 1.165) is 5.82 Å². The van der Waals surface area contributed by atoms with Crippen LogP contribution in [-0.2, 0) is 13.5 Å². The van der Waals surface area contributed by atoms with Crippen LogP contribution in [0.25, 0.3) is 0 Å². The van der Waals surface area contributed by atoms with Gasteiger partial charge in [0.2, 0.25) is 0 Å². The minimum absolute atomic E-state index is 0.287. The van der Waals surface area contributed by atoms with Gasteiger partial charge in [-0.05, 0) is 0 Å². The van der Waals surface area contributed by atoms with Crippen LogP contribution < -0.4 is 15.8 Å². The van der Waals surface area contributed by atoms with Crippen molar-refractivity contribution in [2.75, 3.05) is 24.7 Å². The summed E-state index contributed by atoms with van der Waals surface area (Å²) in [4.78, 5) is 4.20. The van der Waals surface area contributed by atoms with Gasteiger partial charge in [0.05, 0.1) is 18.5 Å². The Morgan fingerprint density at radius 3 is 2.89 bits per heavy atom. The summed E-state index contributed by atoms with van der Waals surface area (Å²) in [5, 5.41) is 3.02. The zero-order valence-electron chi connectivity index (χ0n) is 11.0. The lowest BCUT2D eigenvalue weighted by Gasteiger charge is -2.11. The molecular formula is C13H17FN4O. The summed E-state index contributed by atoms with van der Waals surface area (Å²) in [5.41, 5.74) is 6.28. The molecule has 0 saturated carbocycles. The smallest absolute Gasteiger partial charge is 0.148 e. The predicted octanol–water partition coefficient (Wildman–Crippen LogP) is 1.80. The number of benzene rings is 1. The van der Waals surface area contributed by atoms with Gasteiger partial charge in [0.25, 0.3) is 0 Å². The number of rotatable bonds is 5. The van der Waals surface area contributed by atoms with Crippen molar-refractivity contribution in [3.8, 4) is 5.75 Å². The van der Waals surface area contributed by atoms with E-state index in [4.69, 9.17) is 10.5 Å². The Hall–Kier alpha value is -2.24. The van der Waals surface area contributed by atoms with E-state index >= 15 is 0 Å². The molecule has 0 unspecified atom stereocenters. The largest absolute Gasteiger partial charge is 0.495 e. The summed E-state index contributed by atoms with van der Waals surface area (Å²) >= 11 is 0. The Labute approximate surface area is 111 Å². The fourth-order valence-corrected chi connectivity index (χ4v) is 1.83. The maximum atomic E-state index is 13.7. The molecular weight excluding hydrogens is 247 g/mol. The van der Waals surface area contributed by atoms with Crippen molar-refractivity contribution in [2.24, 2.45) is 7.05 Å². The average molecular weight is 264 g/mol. The number of aryl methyl sites for hydroxylation is 1. The number of methoxy groups -OCH3 is 1. The summed E-state index contributed by atoms with van der Waals surface area (Å²) in [6.07, 6.45) is 4.32. The number of halogens is 1. The van der Waals surface area contributed by atoms with Crippen molar-refractivity contribution in [3.05, 3.63) is 36.2 Å². The number of nitrogens with two attached hydrogens (primary N) is 1. The number of ether oxygens (including phenoxy) is 1. The first-order valence-corrected chi connectivity index (χ1v) is 5.95. The molecule has 102 valence electrons. The molecule has 0 aliphatic carbocycles. The predicted molar refractivity (Wildman–Crippen MR) is 72.8 cm³/mol. The van der Waals surface area contributed by atoms with Gasteiger partial charge in [0, 0.05) is 44.5 Å². The van der Waals surface area contributed by atoms with Crippen molar-refractivity contribution in [3.63, 3.8) is 0 Å². The Morgan fingerprint density at radius 1 is 1.47 bits per heavy atom. The minimum Gasteiger partial charge on any atom is -0.495 e. The molecule has 2 aromatic rings. The molecule has 1 aromatic carbocycles. The summed E-state index contributed by atoms with van der Waals surface area (Å²) < 4.78 is 20.7. The van der Waals surface area contributed by atoms with Gasteiger partial charge in [0.15, 0.2) is 0 Å². The van der Waals surface area contributed by atoms with Crippen molar-refractivity contribution in [2.45, 2.75) is 6.42 Å². The second-order valence-electron chi connectivity index (χ2n) is 4.21. The van der Waals surface area contributed by atoms with Crippen LogP contribution in [0.5, 0.6) is 5.75 Å². The Bertz CT molecular complexity index is 568. The van der Waals surface area contributed by atoms with Crippen LogP contribution in [0.3, 0.4) is 0 Å². The fourth-order valence-electron chi connectivity index (χ4n) is 1.83. The van der Waals surface area contributed by atoms with Crippen LogP contribution in [0.15, 0.2) is 24.5 Å². The molecule has 6 heteroatoms. The fraction of sp³-hybridized carbons (Fsp3) is 0.308. The maximum absolute atomic E-state index is 13.7. The van der Waals surface area contributed by atoms with Gasteiger partial charge >= 0.3 is 0 Å². The van der Waals surface area contributed by atoms with E-state index in [1.165, 1.54) is 13.2 Å². The molecule has 1 heterocycles. The first-order chi connectivity index (χ1) is 9.11. The Morgan fingerprint density at radius 2 is 2.26 bits per heavy atom. The van der Waals surface area contributed by atoms with E-state index in [1.54, 1.807) is 12.3 Å². The summed E-state index contributed by atoms with van der Waals surface area (Å²) in [6.45, 7) is 0.578. The Balaban J connectivity index is 2.01. The normalized spacial score (nSPS) is 10.5. The van der Waals surface area contributed by atoms with Crippen LogP contribution in [0.2, 0.25) is 0 Å². The second kappa shape index (κ2) is 5.60. The van der Waals surface area contributed by atoms with Crippen molar-refractivity contribution in [1.29, 1.82) is 0 Å². The standard InChI is InChI=1S/C13H17FN4O/c1-18-6-5-17-13(18)3-4-16-11-8-12(19-2)10(15)7-9(11)14/h5-8,16H,3-4,15H2,1-2H3. The molecule has 0 saturated heterocycles. The van der Waals surface area contributed by atoms with Gasteiger partial charge in [-0.1, -0.05) is 0 Å². The topological polar surface area (TPSA) is 65.1 Å². The van der Waals surface area contributed by atoms with Gasteiger partial charge in [-0.25, -0.2) is 9.37 Å². The lowest BCUT2D eigenvalue weighted by Crippen LogP contribution is -2.10. The highest BCUT2D eigenvalue weighted by Gasteiger charge is 2.08. The van der Waals surface area contributed by atoms with E-state index in [1.807, 2.05) is 17.8 Å². The highest BCUT2D eigenvalue weighted by Crippen LogP contribution is 2.28. The summed E-state index contributed by atoms with van der Waals surface area (Å²) in [6, 6.07) is 2.81. The molecule has 0 spiro atoms. The zero-order chi connectivity index (χ0) is 13.8. The maximum Gasteiger partial charge on any atom is 0.148 e. The second-order valence-corrected chi connectivity index (χ2v) is 4.21. The number of aromatic nitrogens is 2. The first-order valence-electron chi connectivity index (χ1n) is 5.95. The first kappa shape index (κ1) is 13.2. The molecule has 2 rings (SSSR count). The molecule has 0 aliphatic heterocycles. The highest BCUT2D eigenvalue weighted by atomic mass is 19.1. The molecule has 0 amide bonds. The molecule has 3 N–H and O–H groups in total. The lowest BCUT2D eigenvalue weighted by atomic mass is 10.2. The van der Waals surface area contributed by atoms with Gasteiger partial charge in [0.1, 0.15) is 17.4 Å². The number of imidazole rings is 1. The molecule has 0 fully saturated rings. The van der Waals surface area contributed by atoms with E-state index < -0.39 is 5.82 Å². The SMILES string of the molecule is COc1cc(NCCc2nccn2C)c(F)cc1N. The number of nitrogen functional groups attached to an aromatic ring is 1. The molecule has 0 atom stereocenters. The monoisotopic (exact) mass is 264 g/mol. The van der Waals surface area contributed by atoms with Crippen LogP contribution >= 0.6 is 0 Å². The third-order valence-corrected chi connectivity index (χ3v) is 2.90. The number of anilines is 2. The number of nitrogens with one attached hydrogen (secondary N) is 1. The lowest BCUT2D eigenvalue weighted by molar-refractivity contribution is 0.416. The minimum atomic E-state index is -0.391. The molecule has 0 aliphatic rings. The van der Waals surface area contributed by atoms with Crippen LogP contribution in [0.1, 0.15) is 5.82 Å². The molecule has 0 bridgehead atoms. The van der Waals surface area contributed by atoms with Gasteiger partial charge in [-0.15, -0.1) is 0 Å². The third-order valence-electron chi connectivity index (χ3n) is 2.90. The van der Waals surface area contributed by atoms with E-state index in [2.05, 4.69) is 10.3 Å². The van der Waals surface area contributed by atoms with Crippen molar-refractivity contribution < 1.29 is 9.13 Å². The van der Waals surface area contributed by atoms with E-state index in [0.29, 0.717) is 24.4 Å². The van der Waals surface area contributed by atoms with Crippen molar-refractivity contribution >= 4 is 11.4 Å². The summed E-state index contributed by atoms with van der Waals surface area (Å²) in [7, 11) is 3.43. The van der Waals surface area contributed by atoms with Crippen LogP contribution in [0.4, 0.5) is 15.8 Å². The van der Waals surface area contributed by atoms with Gasteiger partial charge < -0.3 is 20.4 Å². The number of hydrogen-bond donors (Lipinski definition) is 2.